The summed E-state index contributed by atoms with van der Waals surface area (Å²) in [5.41, 5.74) is 5.83. The van der Waals surface area contributed by atoms with Crippen LogP contribution in [0.1, 0.15) is 16.7 Å². The third-order valence-corrected chi connectivity index (χ3v) is 3.23. The highest BCUT2D eigenvalue weighted by atomic mass is 15.4. The molecule has 100 valence electrons. The molecule has 0 saturated carbocycles. The van der Waals surface area contributed by atoms with E-state index in [-0.39, 0.29) is 0 Å². The van der Waals surface area contributed by atoms with Crippen molar-refractivity contribution < 1.29 is 0 Å². The SMILES string of the molecule is Cc1cc(C)cc(Cn2cc(-c3ccccc3)nn2)c1. The smallest absolute Gasteiger partial charge is 0.113 e. The molecule has 0 unspecified atom stereocenters. The van der Waals surface area contributed by atoms with Gasteiger partial charge < -0.3 is 0 Å². The fraction of sp³-hybridized carbons (Fsp3) is 0.176. The normalized spacial score (nSPS) is 10.7. The van der Waals surface area contributed by atoms with Gasteiger partial charge in [-0.25, -0.2) is 4.68 Å². The van der Waals surface area contributed by atoms with E-state index in [1.165, 1.54) is 16.7 Å². The van der Waals surface area contributed by atoms with Crippen molar-refractivity contribution in [3.8, 4) is 11.3 Å². The molecule has 0 fully saturated rings. The molecule has 2 aromatic carbocycles. The molecule has 0 radical (unpaired) electrons. The molecule has 3 heteroatoms. The van der Waals surface area contributed by atoms with E-state index in [2.05, 4.69) is 42.4 Å². The van der Waals surface area contributed by atoms with Crippen molar-refractivity contribution in [2.75, 3.05) is 0 Å². The molecule has 1 heterocycles. The summed E-state index contributed by atoms with van der Waals surface area (Å²) in [4.78, 5) is 0. The maximum absolute atomic E-state index is 4.24. The van der Waals surface area contributed by atoms with E-state index >= 15 is 0 Å². The number of benzene rings is 2. The number of nitrogens with zero attached hydrogens (tertiary/aromatic N) is 3. The Bertz CT molecular complexity index is 694. The van der Waals surface area contributed by atoms with Crippen molar-refractivity contribution in [3.63, 3.8) is 0 Å². The molecule has 0 aliphatic heterocycles. The van der Waals surface area contributed by atoms with Gasteiger partial charge in [-0.3, -0.25) is 0 Å². The molecule has 3 nitrogen and oxygen atoms in total. The topological polar surface area (TPSA) is 30.7 Å². The highest BCUT2D eigenvalue weighted by Crippen LogP contribution is 2.16. The van der Waals surface area contributed by atoms with Crippen LogP contribution in [0.15, 0.2) is 54.7 Å². The maximum atomic E-state index is 4.24. The van der Waals surface area contributed by atoms with E-state index in [9.17, 15) is 0 Å². The van der Waals surface area contributed by atoms with Gasteiger partial charge in [-0.15, -0.1) is 5.10 Å². The van der Waals surface area contributed by atoms with Crippen LogP contribution >= 0.6 is 0 Å². The summed E-state index contributed by atoms with van der Waals surface area (Å²) < 4.78 is 1.89. The van der Waals surface area contributed by atoms with E-state index in [0.29, 0.717) is 0 Å². The fourth-order valence-corrected chi connectivity index (χ4v) is 2.46. The van der Waals surface area contributed by atoms with Crippen LogP contribution in [0.3, 0.4) is 0 Å². The van der Waals surface area contributed by atoms with Crippen molar-refractivity contribution in [3.05, 3.63) is 71.4 Å². The maximum Gasteiger partial charge on any atom is 0.113 e. The van der Waals surface area contributed by atoms with Crippen LogP contribution in [-0.4, -0.2) is 15.0 Å². The van der Waals surface area contributed by atoms with Gasteiger partial charge in [0.25, 0.3) is 0 Å². The zero-order valence-corrected chi connectivity index (χ0v) is 11.7. The minimum atomic E-state index is 0.752. The second kappa shape index (κ2) is 5.29. The second-order valence-corrected chi connectivity index (χ2v) is 5.16. The van der Waals surface area contributed by atoms with Crippen molar-refractivity contribution >= 4 is 0 Å². The first-order chi connectivity index (χ1) is 9.70. The fourth-order valence-electron chi connectivity index (χ4n) is 2.46. The van der Waals surface area contributed by atoms with Crippen molar-refractivity contribution in [2.24, 2.45) is 0 Å². The molecule has 0 amide bonds. The first kappa shape index (κ1) is 12.6. The Morgan fingerprint density at radius 3 is 2.35 bits per heavy atom. The highest BCUT2D eigenvalue weighted by Gasteiger charge is 2.04. The van der Waals surface area contributed by atoms with Crippen molar-refractivity contribution in [1.29, 1.82) is 0 Å². The highest BCUT2D eigenvalue weighted by molar-refractivity contribution is 5.57. The molecule has 0 saturated heterocycles. The molecule has 1 aromatic heterocycles. The zero-order chi connectivity index (χ0) is 13.9. The van der Waals surface area contributed by atoms with Gasteiger partial charge in [0.1, 0.15) is 5.69 Å². The van der Waals surface area contributed by atoms with Gasteiger partial charge in [-0.05, 0) is 19.4 Å². The Morgan fingerprint density at radius 2 is 1.65 bits per heavy atom. The third kappa shape index (κ3) is 2.77. The monoisotopic (exact) mass is 263 g/mol. The number of hydrogen-bond donors (Lipinski definition) is 0. The molecule has 20 heavy (non-hydrogen) atoms. The van der Waals surface area contributed by atoms with E-state index in [4.69, 9.17) is 0 Å². The van der Waals surface area contributed by atoms with Gasteiger partial charge in [0.2, 0.25) is 0 Å². The van der Waals surface area contributed by atoms with Gasteiger partial charge >= 0.3 is 0 Å². The van der Waals surface area contributed by atoms with Gasteiger partial charge in [0.05, 0.1) is 12.7 Å². The molecule has 0 atom stereocenters. The summed E-state index contributed by atoms with van der Waals surface area (Å²) in [6, 6.07) is 16.7. The van der Waals surface area contributed by atoms with Gasteiger partial charge in [0.15, 0.2) is 0 Å². The van der Waals surface area contributed by atoms with Crippen LogP contribution < -0.4 is 0 Å². The Hall–Kier alpha value is -2.42. The molecular formula is C17H17N3. The lowest BCUT2D eigenvalue weighted by molar-refractivity contribution is 0.649. The first-order valence-corrected chi connectivity index (χ1v) is 6.73. The zero-order valence-electron chi connectivity index (χ0n) is 11.7. The second-order valence-electron chi connectivity index (χ2n) is 5.16. The molecule has 3 aromatic rings. The molecule has 0 aliphatic carbocycles. The first-order valence-electron chi connectivity index (χ1n) is 6.73. The van der Waals surface area contributed by atoms with Crippen LogP contribution in [0, 0.1) is 13.8 Å². The van der Waals surface area contributed by atoms with Crippen LogP contribution in [0.4, 0.5) is 0 Å². The van der Waals surface area contributed by atoms with Crippen LogP contribution in [0.25, 0.3) is 11.3 Å². The molecule has 0 spiro atoms. The molecule has 0 aliphatic rings. The average molecular weight is 263 g/mol. The average Bonchev–Trinajstić information content (AvgIpc) is 2.87. The Balaban J connectivity index is 1.84. The van der Waals surface area contributed by atoms with E-state index in [1.54, 1.807) is 0 Å². The Kier molecular flexibility index (Phi) is 3.33. The predicted molar refractivity (Wildman–Crippen MR) is 80.5 cm³/mol. The summed E-state index contributed by atoms with van der Waals surface area (Å²) >= 11 is 0. The van der Waals surface area contributed by atoms with Crippen LogP contribution in [0.5, 0.6) is 0 Å². The largest absolute Gasteiger partial charge is 0.247 e. The number of aromatic nitrogens is 3. The van der Waals surface area contributed by atoms with Crippen molar-refractivity contribution in [1.82, 2.24) is 15.0 Å². The molecular weight excluding hydrogens is 246 g/mol. The lowest BCUT2D eigenvalue weighted by atomic mass is 10.1. The van der Waals surface area contributed by atoms with E-state index in [1.807, 2.05) is 41.2 Å². The van der Waals surface area contributed by atoms with Crippen LogP contribution in [-0.2, 0) is 6.54 Å². The third-order valence-electron chi connectivity index (χ3n) is 3.23. The summed E-state index contributed by atoms with van der Waals surface area (Å²) in [7, 11) is 0. The van der Waals surface area contributed by atoms with Crippen LogP contribution in [0.2, 0.25) is 0 Å². The Labute approximate surface area is 118 Å². The minimum Gasteiger partial charge on any atom is -0.247 e. The number of rotatable bonds is 3. The lowest BCUT2D eigenvalue weighted by Crippen LogP contribution is -2.01. The van der Waals surface area contributed by atoms with Gasteiger partial charge in [-0.1, -0.05) is 64.9 Å². The van der Waals surface area contributed by atoms with E-state index in [0.717, 1.165) is 17.8 Å². The minimum absolute atomic E-state index is 0.752. The molecule has 0 bridgehead atoms. The van der Waals surface area contributed by atoms with E-state index < -0.39 is 0 Å². The Morgan fingerprint density at radius 1 is 0.950 bits per heavy atom. The number of hydrogen-bond acceptors (Lipinski definition) is 2. The molecule has 0 N–H and O–H groups in total. The van der Waals surface area contributed by atoms with Gasteiger partial charge in [0, 0.05) is 5.56 Å². The summed E-state index contributed by atoms with van der Waals surface area (Å²) in [6.45, 7) is 4.99. The van der Waals surface area contributed by atoms with Gasteiger partial charge in [-0.2, -0.15) is 0 Å². The quantitative estimate of drug-likeness (QED) is 0.722. The molecule has 3 rings (SSSR count). The van der Waals surface area contributed by atoms with Crippen molar-refractivity contribution in [2.45, 2.75) is 20.4 Å². The summed E-state index contributed by atoms with van der Waals surface area (Å²) in [5.74, 6) is 0. The standard InChI is InChI=1S/C17H17N3/c1-13-8-14(2)10-15(9-13)11-20-12-17(18-19-20)16-6-4-3-5-7-16/h3-10,12H,11H2,1-2H3. The predicted octanol–water partition coefficient (Wildman–Crippen LogP) is 3.61. The number of aryl methyl sites for hydroxylation is 2. The lowest BCUT2D eigenvalue weighted by Gasteiger charge is -2.04. The summed E-state index contributed by atoms with van der Waals surface area (Å²) in [6.07, 6.45) is 1.99. The summed E-state index contributed by atoms with van der Waals surface area (Å²) in [5, 5.41) is 8.45.